The molecule has 1 unspecified atom stereocenters. The lowest BCUT2D eigenvalue weighted by atomic mass is 10.1. The van der Waals surface area contributed by atoms with E-state index in [0.29, 0.717) is 13.1 Å². The molecule has 2 N–H and O–H groups in total. The third-order valence-corrected chi connectivity index (χ3v) is 3.35. The molecule has 2 rings (SSSR count). The van der Waals surface area contributed by atoms with E-state index in [4.69, 9.17) is 15.2 Å². The van der Waals surface area contributed by atoms with E-state index in [1.165, 1.54) is 0 Å². The second kappa shape index (κ2) is 5.59. The lowest BCUT2D eigenvalue weighted by Gasteiger charge is -2.32. The van der Waals surface area contributed by atoms with Crippen molar-refractivity contribution in [3.63, 3.8) is 0 Å². The zero-order valence-electron chi connectivity index (χ0n) is 11.6. The highest BCUT2D eigenvalue weighted by molar-refractivity contribution is 5.95. The number of anilines is 1. The van der Waals surface area contributed by atoms with Gasteiger partial charge in [-0.25, -0.2) is 0 Å². The van der Waals surface area contributed by atoms with Gasteiger partial charge in [0.05, 0.1) is 19.8 Å². The maximum absolute atomic E-state index is 12.0. The Balaban J connectivity index is 2.32. The van der Waals surface area contributed by atoms with E-state index in [9.17, 15) is 4.79 Å². The summed E-state index contributed by atoms with van der Waals surface area (Å²) in [6.07, 6.45) is -0.0968. The fourth-order valence-electron chi connectivity index (χ4n) is 2.42. The molecule has 0 radical (unpaired) electrons. The molecule has 1 saturated heterocycles. The van der Waals surface area contributed by atoms with Crippen LogP contribution in [0.15, 0.2) is 12.1 Å². The van der Waals surface area contributed by atoms with Crippen LogP contribution >= 0.6 is 0 Å². The Morgan fingerprint density at radius 1 is 1.42 bits per heavy atom. The molecule has 1 aliphatic heterocycles. The quantitative estimate of drug-likeness (QED) is 0.884. The van der Waals surface area contributed by atoms with Gasteiger partial charge in [-0.05, 0) is 37.1 Å². The van der Waals surface area contributed by atoms with Gasteiger partial charge in [-0.3, -0.25) is 4.79 Å². The monoisotopic (exact) mass is 264 g/mol. The predicted octanol–water partition coefficient (Wildman–Crippen LogP) is 1.00. The second-order valence-electron chi connectivity index (χ2n) is 4.79. The molecule has 5 nitrogen and oxygen atoms in total. The highest BCUT2D eigenvalue weighted by atomic mass is 16.5. The summed E-state index contributed by atoms with van der Waals surface area (Å²) in [5, 5.41) is 0. The van der Waals surface area contributed by atoms with E-state index in [1.807, 2.05) is 26.0 Å². The number of morpholine rings is 1. The molecule has 5 heteroatoms. The normalized spacial score (nSPS) is 19.7. The maximum Gasteiger partial charge on any atom is 0.253 e. The number of carbonyl (C=O) groups is 1. The van der Waals surface area contributed by atoms with Gasteiger partial charge < -0.3 is 20.1 Å². The summed E-state index contributed by atoms with van der Waals surface area (Å²) < 4.78 is 10.7. The van der Waals surface area contributed by atoms with Crippen LogP contribution in [0.2, 0.25) is 0 Å². The van der Waals surface area contributed by atoms with Crippen LogP contribution in [0.5, 0.6) is 5.75 Å². The number of rotatable bonds is 3. The first-order chi connectivity index (χ1) is 9.06. The standard InChI is InChI=1S/C14H20N2O3/c1-9-4-11(5-10(2)14(9)18-3)16-7-12(6-15)19-8-13(16)17/h4-5,12H,6-8,15H2,1-3H3. The average molecular weight is 264 g/mol. The SMILES string of the molecule is COc1c(C)cc(N2CC(CN)OCC2=O)cc1C. The third kappa shape index (κ3) is 2.72. The Hall–Kier alpha value is -1.59. The molecule has 0 spiro atoms. The number of ether oxygens (including phenoxy) is 2. The molecule has 104 valence electrons. The van der Waals surface area contributed by atoms with Crippen LogP contribution in [-0.4, -0.2) is 38.8 Å². The van der Waals surface area contributed by atoms with Crippen molar-refractivity contribution in [2.75, 3.05) is 31.7 Å². The number of hydrogen-bond acceptors (Lipinski definition) is 4. The van der Waals surface area contributed by atoms with Crippen molar-refractivity contribution in [2.24, 2.45) is 5.73 Å². The molecular weight excluding hydrogens is 244 g/mol. The van der Waals surface area contributed by atoms with Gasteiger partial charge >= 0.3 is 0 Å². The minimum atomic E-state index is -0.0968. The minimum Gasteiger partial charge on any atom is -0.496 e. The van der Waals surface area contributed by atoms with Crippen molar-refractivity contribution in [1.29, 1.82) is 0 Å². The molecule has 1 atom stereocenters. The number of nitrogens with two attached hydrogens (primary N) is 1. The van der Waals surface area contributed by atoms with E-state index in [-0.39, 0.29) is 18.6 Å². The second-order valence-corrected chi connectivity index (χ2v) is 4.79. The molecule has 0 saturated carbocycles. The number of aryl methyl sites for hydroxylation is 2. The van der Waals surface area contributed by atoms with E-state index >= 15 is 0 Å². The fraction of sp³-hybridized carbons (Fsp3) is 0.500. The topological polar surface area (TPSA) is 64.8 Å². The van der Waals surface area contributed by atoms with Gasteiger partial charge in [0.15, 0.2) is 0 Å². The summed E-state index contributed by atoms with van der Waals surface area (Å²) >= 11 is 0. The molecule has 1 aromatic carbocycles. The first kappa shape index (κ1) is 13.8. The molecule has 0 aromatic heterocycles. The number of methoxy groups -OCH3 is 1. The van der Waals surface area contributed by atoms with Gasteiger partial charge in [0.1, 0.15) is 12.4 Å². The Morgan fingerprint density at radius 3 is 2.58 bits per heavy atom. The van der Waals surface area contributed by atoms with Crippen molar-refractivity contribution in [3.8, 4) is 5.75 Å². The van der Waals surface area contributed by atoms with Gasteiger partial charge in [0, 0.05) is 12.2 Å². The summed E-state index contributed by atoms with van der Waals surface area (Å²) in [5.74, 6) is 0.827. The average Bonchev–Trinajstić information content (AvgIpc) is 2.39. The van der Waals surface area contributed by atoms with Crippen LogP contribution in [0, 0.1) is 13.8 Å². The van der Waals surface area contributed by atoms with Crippen LogP contribution in [0.3, 0.4) is 0 Å². The van der Waals surface area contributed by atoms with Crippen molar-refractivity contribution in [1.82, 2.24) is 0 Å². The third-order valence-electron chi connectivity index (χ3n) is 3.35. The minimum absolute atomic E-state index is 0.0336. The zero-order chi connectivity index (χ0) is 14.0. The fourth-order valence-corrected chi connectivity index (χ4v) is 2.42. The Kier molecular flexibility index (Phi) is 4.07. The van der Waals surface area contributed by atoms with Crippen LogP contribution in [-0.2, 0) is 9.53 Å². The number of amides is 1. The summed E-state index contributed by atoms with van der Waals surface area (Å²) in [6.45, 7) is 4.95. The van der Waals surface area contributed by atoms with Crippen molar-refractivity contribution >= 4 is 11.6 Å². The largest absolute Gasteiger partial charge is 0.496 e. The summed E-state index contributed by atoms with van der Waals surface area (Å²) in [6, 6.07) is 3.92. The van der Waals surface area contributed by atoms with Crippen LogP contribution in [0.4, 0.5) is 5.69 Å². The summed E-state index contributed by atoms with van der Waals surface area (Å²) in [7, 11) is 1.65. The summed E-state index contributed by atoms with van der Waals surface area (Å²) in [4.78, 5) is 13.7. The van der Waals surface area contributed by atoms with Gasteiger partial charge in [-0.15, -0.1) is 0 Å². The molecule has 0 bridgehead atoms. The van der Waals surface area contributed by atoms with E-state index in [1.54, 1.807) is 12.0 Å². The van der Waals surface area contributed by atoms with E-state index in [0.717, 1.165) is 22.6 Å². The number of carbonyl (C=O) groups excluding carboxylic acids is 1. The van der Waals surface area contributed by atoms with Gasteiger partial charge in [-0.1, -0.05) is 0 Å². The lowest BCUT2D eigenvalue weighted by Crippen LogP contribution is -2.49. The first-order valence-corrected chi connectivity index (χ1v) is 6.34. The van der Waals surface area contributed by atoms with Gasteiger partial charge in [0.2, 0.25) is 0 Å². The van der Waals surface area contributed by atoms with Gasteiger partial charge in [-0.2, -0.15) is 0 Å². The van der Waals surface area contributed by atoms with Gasteiger partial charge in [0.25, 0.3) is 5.91 Å². The highest BCUT2D eigenvalue weighted by Crippen LogP contribution is 2.29. The van der Waals surface area contributed by atoms with Crippen molar-refractivity contribution < 1.29 is 14.3 Å². The van der Waals surface area contributed by atoms with Crippen LogP contribution < -0.4 is 15.4 Å². The van der Waals surface area contributed by atoms with Crippen LogP contribution in [0.1, 0.15) is 11.1 Å². The maximum atomic E-state index is 12.0. The lowest BCUT2D eigenvalue weighted by molar-refractivity contribution is -0.128. The Morgan fingerprint density at radius 2 is 2.05 bits per heavy atom. The smallest absolute Gasteiger partial charge is 0.253 e. The molecular formula is C14H20N2O3. The Bertz CT molecular complexity index is 465. The molecule has 1 aliphatic rings. The first-order valence-electron chi connectivity index (χ1n) is 6.34. The number of hydrogen-bond donors (Lipinski definition) is 1. The van der Waals surface area contributed by atoms with E-state index in [2.05, 4.69) is 0 Å². The molecule has 0 aliphatic carbocycles. The molecule has 1 aromatic rings. The number of nitrogens with zero attached hydrogens (tertiary/aromatic N) is 1. The van der Waals surface area contributed by atoms with E-state index < -0.39 is 0 Å². The Labute approximate surface area is 113 Å². The molecule has 1 fully saturated rings. The predicted molar refractivity (Wildman–Crippen MR) is 73.6 cm³/mol. The van der Waals surface area contributed by atoms with Crippen molar-refractivity contribution in [3.05, 3.63) is 23.3 Å². The zero-order valence-corrected chi connectivity index (χ0v) is 11.6. The number of benzene rings is 1. The van der Waals surface area contributed by atoms with Crippen molar-refractivity contribution in [2.45, 2.75) is 20.0 Å². The molecule has 1 amide bonds. The molecule has 1 heterocycles. The molecule has 19 heavy (non-hydrogen) atoms. The highest BCUT2D eigenvalue weighted by Gasteiger charge is 2.27. The summed E-state index contributed by atoms with van der Waals surface area (Å²) in [5.41, 5.74) is 8.52. The van der Waals surface area contributed by atoms with Crippen LogP contribution in [0.25, 0.3) is 0 Å².